The van der Waals surface area contributed by atoms with Gasteiger partial charge in [0.25, 0.3) is 5.56 Å². The third-order valence-electron chi connectivity index (χ3n) is 3.24. The molecule has 5 heteroatoms. The monoisotopic (exact) mass is 236 g/mol. The zero-order valence-electron chi connectivity index (χ0n) is 9.65. The number of aromatic carboxylic acids is 1. The lowest BCUT2D eigenvalue weighted by atomic mass is 10.3. The van der Waals surface area contributed by atoms with Crippen LogP contribution in [0.15, 0.2) is 23.1 Å². The Labute approximate surface area is 99.3 Å². The zero-order chi connectivity index (χ0) is 12.3. The molecule has 1 aliphatic heterocycles. The molecule has 0 aliphatic carbocycles. The SMILES string of the molecule is O=C([O-])c1ccc(=O)n(CC[NH+]2CCCC2)c1. The third kappa shape index (κ3) is 2.94. The first-order chi connectivity index (χ1) is 8.16. The summed E-state index contributed by atoms with van der Waals surface area (Å²) >= 11 is 0. The number of likely N-dealkylation sites (tertiary alicyclic amines) is 1. The van der Waals surface area contributed by atoms with E-state index in [0.29, 0.717) is 6.54 Å². The van der Waals surface area contributed by atoms with Crippen molar-refractivity contribution in [3.63, 3.8) is 0 Å². The van der Waals surface area contributed by atoms with E-state index in [2.05, 4.69) is 0 Å². The van der Waals surface area contributed by atoms with Crippen LogP contribution in [0.2, 0.25) is 0 Å². The van der Waals surface area contributed by atoms with E-state index in [1.54, 1.807) is 0 Å². The molecule has 92 valence electrons. The van der Waals surface area contributed by atoms with Crippen LogP contribution < -0.4 is 15.6 Å². The summed E-state index contributed by atoms with van der Waals surface area (Å²) in [7, 11) is 0. The standard InChI is InChI=1S/C12H16N2O3/c15-11-4-3-10(12(16)17)9-14(11)8-7-13-5-1-2-6-13/h3-4,9H,1-2,5-8H2,(H,16,17). The second kappa shape index (κ2) is 5.14. The molecule has 2 rings (SSSR count). The van der Waals surface area contributed by atoms with Gasteiger partial charge in [-0.2, -0.15) is 0 Å². The van der Waals surface area contributed by atoms with E-state index in [4.69, 9.17) is 0 Å². The van der Waals surface area contributed by atoms with Gasteiger partial charge in [0.15, 0.2) is 0 Å². The number of quaternary nitrogens is 1. The van der Waals surface area contributed by atoms with Gasteiger partial charge in [-0.1, -0.05) is 0 Å². The van der Waals surface area contributed by atoms with Gasteiger partial charge in [0.1, 0.15) is 0 Å². The first-order valence-corrected chi connectivity index (χ1v) is 5.92. The summed E-state index contributed by atoms with van der Waals surface area (Å²) in [6.45, 7) is 3.73. The molecule has 0 bridgehead atoms. The predicted molar refractivity (Wildman–Crippen MR) is 59.8 cm³/mol. The Morgan fingerprint density at radius 1 is 1.35 bits per heavy atom. The van der Waals surface area contributed by atoms with Crippen molar-refractivity contribution in [1.82, 2.24) is 4.57 Å². The number of pyridine rings is 1. The van der Waals surface area contributed by atoms with Gasteiger partial charge in [-0.15, -0.1) is 0 Å². The third-order valence-corrected chi connectivity index (χ3v) is 3.24. The highest BCUT2D eigenvalue weighted by molar-refractivity contribution is 5.85. The van der Waals surface area contributed by atoms with Crippen LogP contribution in [0.25, 0.3) is 0 Å². The number of hydrogen-bond acceptors (Lipinski definition) is 3. The normalized spacial score (nSPS) is 16.2. The van der Waals surface area contributed by atoms with Gasteiger partial charge in [0.05, 0.1) is 32.1 Å². The molecular formula is C12H16N2O3. The minimum Gasteiger partial charge on any atom is -0.545 e. The Morgan fingerprint density at radius 2 is 2.06 bits per heavy atom. The van der Waals surface area contributed by atoms with Gasteiger partial charge >= 0.3 is 0 Å². The number of aromatic nitrogens is 1. The quantitative estimate of drug-likeness (QED) is 0.650. The van der Waals surface area contributed by atoms with Crippen LogP contribution in [0.3, 0.4) is 0 Å². The Balaban J connectivity index is 2.05. The minimum absolute atomic E-state index is 0.0565. The van der Waals surface area contributed by atoms with Crippen LogP contribution in [0, 0.1) is 0 Å². The Morgan fingerprint density at radius 3 is 2.71 bits per heavy atom. The number of rotatable bonds is 4. The lowest BCUT2D eigenvalue weighted by Crippen LogP contribution is -3.10. The van der Waals surface area contributed by atoms with Crippen LogP contribution in [0.4, 0.5) is 0 Å². The summed E-state index contributed by atoms with van der Waals surface area (Å²) in [5.41, 5.74) is -0.102. The summed E-state index contributed by atoms with van der Waals surface area (Å²) in [5, 5.41) is 10.7. The molecule has 0 aromatic carbocycles. The number of hydrogen-bond donors (Lipinski definition) is 1. The van der Waals surface area contributed by atoms with Crippen LogP contribution >= 0.6 is 0 Å². The smallest absolute Gasteiger partial charge is 0.250 e. The van der Waals surface area contributed by atoms with E-state index in [1.165, 1.54) is 40.6 Å². The van der Waals surface area contributed by atoms with E-state index in [0.717, 1.165) is 19.6 Å². The molecule has 0 saturated carbocycles. The molecule has 1 aliphatic rings. The minimum atomic E-state index is -1.24. The molecular weight excluding hydrogens is 220 g/mol. The second-order valence-corrected chi connectivity index (χ2v) is 4.44. The summed E-state index contributed by atoms with van der Waals surface area (Å²) < 4.78 is 1.45. The molecule has 2 heterocycles. The van der Waals surface area contributed by atoms with Crippen LogP contribution in [0.5, 0.6) is 0 Å². The number of nitrogens with zero attached hydrogens (tertiary/aromatic N) is 1. The van der Waals surface area contributed by atoms with Crippen molar-refractivity contribution >= 4 is 5.97 Å². The van der Waals surface area contributed by atoms with Crippen molar-refractivity contribution in [2.75, 3.05) is 19.6 Å². The maximum atomic E-state index is 11.5. The molecule has 1 N–H and O–H groups in total. The Kier molecular flexibility index (Phi) is 3.58. The van der Waals surface area contributed by atoms with E-state index >= 15 is 0 Å². The average Bonchev–Trinajstić information content (AvgIpc) is 2.80. The first-order valence-electron chi connectivity index (χ1n) is 5.92. The maximum absolute atomic E-state index is 11.5. The van der Waals surface area contributed by atoms with E-state index in [-0.39, 0.29) is 11.1 Å². The molecule has 17 heavy (non-hydrogen) atoms. The maximum Gasteiger partial charge on any atom is 0.250 e. The summed E-state index contributed by atoms with van der Waals surface area (Å²) in [5.74, 6) is -1.24. The number of carbonyl (C=O) groups excluding carboxylic acids is 1. The van der Waals surface area contributed by atoms with Crippen molar-refractivity contribution in [2.24, 2.45) is 0 Å². The highest BCUT2D eigenvalue weighted by Gasteiger charge is 2.14. The summed E-state index contributed by atoms with van der Waals surface area (Å²) in [4.78, 5) is 23.7. The Hall–Kier alpha value is -1.62. The van der Waals surface area contributed by atoms with E-state index in [1.807, 2.05) is 0 Å². The van der Waals surface area contributed by atoms with E-state index in [9.17, 15) is 14.7 Å². The number of carbonyl (C=O) groups is 1. The van der Waals surface area contributed by atoms with Gasteiger partial charge in [-0.25, -0.2) is 0 Å². The Bertz CT molecular complexity index is 461. The van der Waals surface area contributed by atoms with Gasteiger partial charge in [-0.05, 0) is 6.07 Å². The topological polar surface area (TPSA) is 66.6 Å². The van der Waals surface area contributed by atoms with Gasteiger partial charge in [-0.3, -0.25) is 4.79 Å². The van der Waals surface area contributed by atoms with Crippen molar-refractivity contribution in [3.8, 4) is 0 Å². The van der Waals surface area contributed by atoms with Crippen molar-refractivity contribution in [1.29, 1.82) is 0 Å². The van der Waals surface area contributed by atoms with Gasteiger partial charge in [0, 0.05) is 30.7 Å². The molecule has 0 radical (unpaired) electrons. The molecule has 0 spiro atoms. The highest BCUT2D eigenvalue weighted by atomic mass is 16.4. The largest absolute Gasteiger partial charge is 0.545 e. The van der Waals surface area contributed by atoms with Crippen LogP contribution in [0.1, 0.15) is 23.2 Å². The zero-order valence-corrected chi connectivity index (χ0v) is 9.65. The van der Waals surface area contributed by atoms with Crippen LogP contribution in [-0.2, 0) is 6.54 Å². The first kappa shape index (κ1) is 11.9. The fourth-order valence-corrected chi connectivity index (χ4v) is 2.23. The second-order valence-electron chi connectivity index (χ2n) is 4.44. The van der Waals surface area contributed by atoms with Crippen molar-refractivity contribution in [2.45, 2.75) is 19.4 Å². The molecule has 1 aromatic heterocycles. The molecule has 1 aromatic rings. The molecule has 0 amide bonds. The number of carboxylic acid groups (broad SMARTS) is 1. The molecule has 1 saturated heterocycles. The van der Waals surface area contributed by atoms with Crippen LogP contribution in [-0.4, -0.2) is 30.2 Å². The van der Waals surface area contributed by atoms with E-state index < -0.39 is 5.97 Å². The van der Waals surface area contributed by atoms with Gasteiger partial charge in [0.2, 0.25) is 0 Å². The molecule has 0 atom stereocenters. The lowest BCUT2D eigenvalue weighted by Gasteiger charge is -2.13. The predicted octanol–water partition coefficient (Wildman–Crippen LogP) is -2.11. The fourth-order valence-electron chi connectivity index (χ4n) is 2.23. The summed E-state index contributed by atoms with van der Waals surface area (Å²) in [6, 6.07) is 2.57. The van der Waals surface area contributed by atoms with Crippen molar-refractivity contribution < 1.29 is 14.8 Å². The van der Waals surface area contributed by atoms with Gasteiger partial charge < -0.3 is 19.4 Å². The lowest BCUT2D eigenvalue weighted by molar-refractivity contribution is -0.888. The number of carboxylic acids is 1. The molecule has 1 fully saturated rings. The molecule has 0 unspecified atom stereocenters. The van der Waals surface area contributed by atoms with Crippen molar-refractivity contribution in [3.05, 3.63) is 34.2 Å². The molecule has 5 nitrogen and oxygen atoms in total. The fraction of sp³-hybridized carbons (Fsp3) is 0.500. The summed E-state index contributed by atoms with van der Waals surface area (Å²) in [6.07, 6.45) is 3.85. The number of nitrogens with one attached hydrogen (secondary N) is 1. The average molecular weight is 236 g/mol. The highest BCUT2D eigenvalue weighted by Crippen LogP contribution is 1.93.